The van der Waals surface area contributed by atoms with Crippen molar-refractivity contribution in [1.29, 1.82) is 10.5 Å². The molecule has 0 fully saturated rings. The van der Waals surface area contributed by atoms with Crippen LogP contribution in [0.2, 0.25) is 0 Å². The van der Waals surface area contributed by atoms with Crippen molar-refractivity contribution in [3.63, 3.8) is 0 Å². The summed E-state index contributed by atoms with van der Waals surface area (Å²) in [6.45, 7) is 0. The van der Waals surface area contributed by atoms with Crippen molar-refractivity contribution in [2.24, 2.45) is 0 Å². The summed E-state index contributed by atoms with van der Waals surface area (Å²) in [5.74, 6) is 0.582. The fourth-order valence-corrected chi connectivity index (χ4v) is 1.56. The normalized spacial score (nSPS) is 9.50. The molecule has 0 unspecified atom stereocenters. The van der Waals surface area contributed by atoms with E-state index in [1.807, 2.05) is 42.5 Å². The number of benzene rings is 2. The molecule has 0 heterocycles. The molecule has 0 radical (unpaired) electrons. The van der Waals surface area contributed by atoms with Gasteiger partial charge in [0.25, 0.3) is 0 Å². The van der Waals surface area contributed by atoms with E-state index in [2.05, 4.69) is 0 Å². The van der Waals surface area contributed by atoms with Gasteiger partial charge in [-0.3, -0.25) is 0 Å². The summed E-state index contributed by atoms with van der Waals surface area (Å²) in [5.41, 5.74) is 0.647. The van der Waals surface area contributed by atoms with Crippen molar-refractivity contribution in [3.05, 3.63) is 60.2 Å². The van der Waals surface area contributed by atoms with Crippen LogP contribution in [0, 0.1) is 22.7 Å². The highest BCUT2D eigenvalue weighted by atomic mass is 16.5. The Hall–Kier alpha value is -2.78. The third kappa shape index (κ3) is 2.66. The van der Waals surface area contributed by atoms with Gasteiger partial charge in [0.05, 0.1) is 12.1 Å². The van der Waals surface area contributed by atoms with Gasteiger partial charge in [-0.2, -0.15) is 10.5 Å². The lowest BCUT2D eigenvalue weighted by molar-refractivity contribution is 0.482. The van der Waals surface area contributed by atoms with Gasteiger partial charge in [0.2, 0.25) is 0 Å². The van der Waals surface area contributed by atoms with E-state index < -0.39 is 5.92 Å². The molecule has 0 aliphatic heterocycles. The Morgan fingerprint density at radius 2 is 1.50 bits per heavy atom. The SMILES string of the molecule is N#CC(C#N)c1cccc(Oc2ccccc2)c1. The number of para-hydroxylation sites is 1. The Kier molecular flexibility index (Phi) is 3.59. The van der Waals surface area contributed by atoms with Gasteiger partial charge in [0, 0.05) is 0 Å². The Morgan fingerprint density at radius 3 is 2.17 bits per heavy atom. The molecule has 0 atom stereocenters. The molecule has 2 aromatic carbocycles. The molecule has 0 aliphatic carbocycles. The second-order valence-electron chi connectivity index (χ2n) is 3.68. The molecule has 3 heteroatoms. The lowest BCUT2D eigenvalue weighted by Crippen LogP contribution is -1.92. The van der Waals surface area contributed by atoms with E-state index in [4.69, 9.17) is 15.3 Å². The fourth-order valence-electron chi connectivity index (χ4n) is 1.56. The molecule has 3 nitrogen and oxygen atoms in total. The molecule has 0 aliphatic rings. The first-order valence-corrected chi connectivity index (χ1v) is 5.45. The monoisotopic (exact) mass is 234 g/mol. The number of rotatable bonds is 3. The summed E-state index contributed by atoms with van der Waals surface area (Å²) in [6.07, 6.45) is 0. The summed E-state index contributed by atoms with van der Waals surface area (Å²) in [4.78, 5) is 0. The molecule has 0 amide bonds. The molecule has 2 rings (SSSR count). The zero-order chi connectivity index (χ0) is 12.8. The summed E-state index contributed by atoms with van der Waals surface area (Å²) in [5, 5.41) is 17.7. The van der Waals surface area contributed by atoms with Crippen LogP contribution in [-0.4, -0.2) is 0 Å². The summed E-state index contributed by atoms with van der Waals surface area (Å²) >= 11 is 0. The number of ether oxygens (including phenoxy) is 1. The summed E-state index contributed by atoms with van der Waals surface area (Å²) in [6, 6.07) is 20.3. The highest BCUT2D eigenvalue weighted by Gasteiger charge is 2.09. The minimum absolute atomic E-state index is 0.620. The van der Waals surface area contributed by atoms with Crippen molar-refractivity contribution < 1.29 is 4.74 Å². The molecular weight excluding hydrogens is 224 g/mol. The van der Waals surface area contributed by atoms with Crippen LogP contribution in [0.25, 0.3) is 0 Å². The second kappa shape index (κ2) is 5.52. The number of nitrogens with zero attached hydrogens (tertiary/aromatic N) is 2. The smallest absolute Gasteiger partial charge is 0.158 e. The number of nitriles is 2. The molecule has 0 spiro atoms. The number of hydrogen-bond donors (Lipinski definition) is 0. The quantitative estimate of drug-likeness (QED) is 0.815. The highest BCUT2D eigenvalue weighted by molar-refractivity contribution is 5.39. The van der Waals surface area contributed by atoms with Crippen molar-refractivity contribution in [2.75, 3.05) is 0 Å². The maximum absolute atomic E-state index is 8.85. The van der Waals surface area contributed by atoms with Crippen LogP contribution < -0.4 is 4.74 Å². The van der Waals surface area contributed by atoms with Crippen LogP contribution in [0.3, 0.4) is 0 Å². The van der Waals surface area contributed by atoms with E-state index in [9.17, 15) is 0 Å². The van der Waals surface area contributed by atoms with E-state index >= 15 is 0 Å². The van der Waals surface area contributed by atoms with Gasteiger partial charge in [-0.1, -0.05) is 30.3 Å². The van der Waals surface area contributed by atoms with Gasteiger partial charge in [-0.15, -0.1) is 0 Å². The molecule has 0 saturated carbocycles. The Morgan fingerprint density at radius 1 is 0.833 bits per heavy atom. The molecule has 0 bridgehead atoms. The molecular formula is C15H10N2O. The molecule has 0 N–H and O–H groups in total. The zero-order valence-electron chi connectivity index (χ0n) is 9.58. The minimum Gasteiger partial charge on any atom is -0.457 e. The first-order chi connectivity index (χ1) is 8.83. The van der Waals surface area contributed by atoms with Gasteiger partial charge < -0.3 is 4.74 Å². The number of hydrogen-bond acceptors (Lipinski definition) is 3. The average Bonchev–Trinajstić information content (AvgIpc) is 2.42. The van der Waals surface area contributed by atoms with Gasteiger partial charge >= 0.3 is 0 Å². The molecule has 86 valence electrons. The van der Waals surface area contributed by atoms with Gasteiger partial charge in [0.15, 0.2) is 5.92 Å². The fraction of sp³-hybridized carbons (Fsp3) is 0.0667. The summed E-state index contributed by atoms with van der Waals surface area (Å²) < 4.78 is 5.64. The minimum atomic E-state index is -0.760. The summed E-state index contributed by atoms with van der Waals surface area (Å²) in [7, 11) is 0. The van der Waals surface area contributed by atoms with E-state index in [1.165, 1.54) is 0 Å². The van der Waals surface area contributed by atoms with Crippen molar-refractivity contribution in [1.82, 2.24) is 0 Å². The third-order valence-corrected chi connectivity index (χ3v) is 2.43. The maximum atomic E-state index is 8.85. The molecule has 18 heavy (non-hydrogen) atoms. The van der Waals surface area contributed by atoms with Crippen molar-refractivity contribution >= 4 is 0 Å². The van der Waals surface area contributed by atoms with Crippen LogP contribution in [0.4, 0.5) is 0 Å². The largest absolute Gasteiger partial charge is 0.457 e. The highest BCUT2D eigenvalue weighted by Crippen LogP contribution is 2.24. The van der Waals surface area contributed by atoms with Crippen molar-refractivity contribution in [2.45, 2.75) is 5.92 Å². The lowest BCUT2D eigenvalue weighted by Gasteiger charge is -2.07. The lowest BCUT2D eigenvalue weighted by atomic mass is 10.0. The first-order valence-electron chi connectivity index (χ1n) is 5.45. The van der Waals surface area contributed by atoms with E-state index in [1.54, 1.807) is 24.3 Å². The predicted octanol–water partition coefficient (Wildman–Crippen LogP) is 3.61. The molecule has 2 aromatic rings. The van der Waals surface area contributed by atoms with E-state index in [0.717, 1.165) is 5.75 Å². The van der Waals surface area contributed by atoms with Crippen LogP contribution in [0.5, 0.6) is 11.5 Å². The van der Waals surface area contributed by atoms with Gasteiger partial charge in [-0.25, -0.2) is 0 Å². The average molecular weight is 234 g/mol. The Bertz CT molecular complexity index is 594. The molecule has 0 aromatic heterocycles. The second-order valence-corrected chi connectivity index (χ2v) is 3.68. The Balaban J connectivity index is 2.24. The zero-order valence-corrected chi connectivity index (χ0v) is 9.58. The van der Waals surface area contributed by atoms with Crippen LogP contribution in [-0.2, 0) is 0 Å². The standard InChI is InChI=1S/C15H10N2O/c16-10-13(11-17)12-5-4-8-15(9-12)18-14-6-2-1-3-7-14/h1-9,13H. The molecule has 0 saturated heterocycles. The Labute approximate surface area is 105 Å². The van der Waals surface area contributed by atoms with E-state index in [0.29, 0.717) is 11.3 Å². The maximum Gasteiger partial charge on any atom is 0.158 e. The third-order valence-electron chi connectivity index (χ3n) is 2.43. The van der Waals surface area contributed by atoms with Gasteiger partial charge in [-0.05, 0) is 29.8 Å². The van der Waals surface area contributed by atoms with Crippen LogP contribution in [0.15, 0.2) is 54.6 Å². The van der Waals surface area contributed by atoms with E-state index in [-0.39, 0.29) is 0 Å². The van der Waals surface area contributed by atoms with Crippen LogP contribution >= 0.6 is 0 Å². The van der Waals surface area contributed by atoms with Crippen molar-refractivity contribution in [3.8, 4) is 23.6 Å². The predicted molar refractivity (Wildman–Crippen MR) is 66.9 cm³/mol. The van der Waals surface area contributed by atoms with Crippen LogP contribution in [0.1, 0.15) is 11.5 Å². The first kappa shape index (κ1) is 11.7. The topological polar surface area (TPSA) is 56.8 Å². The van der Waals surface area contributed by atoms with Gasteiger partial charge in [0.1, 0.15) is 11.5 Å².